The number of ether oxygens (including phenoxy) is 1. The Balaban J connectivity index is 3.03. The number of carboxylic acid groups (broad SMARTS) is 1. The molecule has 0 spiro atoms. The van der Waals surface area contributed by atoms with E-state index in [-0.39, 0.29) is 15.7 Å². The molecular weight excluding hydrogens is 306 g/mol. The van der Waals surface area contributed by atoms with Crippen LogP contribution in [0.3, 0.4) is 0 Å². The highest BCUT2D eigenvalue weighted by Gasteiger charge is 2.30. The van der Waals surface area contributed by atoms with Crippen LogP contribution in [0.25, 0.3) is 0 Å². The van der Waals surface area contributed by atoms with E-state index in [9.17, 15) is 18.0 Å². The van der Waals surface area contributed by atoms with Gasteiger partial charge in [-0.15, -0.1) is 11.3 Å². The lowest BCUT2D eigenvalue weighted by Gasteiger charge is -2.19. The van der Waals surface area contributed by atoms with Gasteiger partial charge < -0.3 is 9.84 Å². The summed E-state index contributed by atoms with van der Waals surface area (Å²) in [5.74, 6) is -2.22. The number of hydrogen-bond acceptors (Lipinski definition) is 6. The minimum atomic E-state index is -3.97. The number of carbonyl (C=O) groups excluding carboxylic acids is 1. The van der Waals surface area contributed by atoms with Gasteiger partial charge in [0, 0.05) is 5.38 Å². The number of hydrogen-bond donors (Lipinski definition) is 2. The molecule has 0 aliphatic rings. The van der Waals surface area contributed by atoms with Gasteiger partial charge in [-0.25, -0.2) is 13.2 Å². The molecule has 2 N–H and O–H groups in total. The van der Waals surface area contributed by atoms with Crippen molar-refractivity contribution in [1.82, 2.24) is 4.72 Å². The molecule has 1 atom stereocenters. The molecule has 0 fully saturated rings. The number of aromatic carboxylic acids is 1. The van der Waals surface area contributed by atoms with E-state index >= 15 is 0 Å². The van der Waals surface area contributed by atoms with E-state index in [1.165, 1.54) is 12.5 Å². The van der Waals surface area contributed by atoms with Crippen LogP contribution in [0.2, 0.25) is 0 Å². The first-order chi connectivity index (χ1) is 9.19. The average Bonchev–Trinajstić information content (AvgIpc) is 2.85. The Hall–Kier alpha value is -1.45. The molecule has 1 heterocycles. The number of esters is 1. The standard InChI is InChI=1S/C11H15NO6S2/c1-6(2)9(11(15)18-3)12-20(16,17)8-4-7(5-19-8)10(13)14/h4-6,9,12H,1-3H3,(H,13,14)/t9-/m0/s1. The van der Waals surface area contributed by atoms with Gasteiger partial charge in [0.2, 0.25) is 0 Å². The number of rotatable bonds is 6. The van der Waals surface area contributed by atoms with Crippen LogP contribution >= 0.6 is 11.3 Å². The van der Waals surface area contributed by atoms with Gasteiger partial charge in [0.1, 0.15) is 10.3 Å². The lowest BCUT2D eigenvalue weighted by Crippen LogP contribution is -2.44. The number of thiophene rings is 1. The van der Waals surface area contributed by atoms with Gasteiger partial charge >= 0.3 is 11.9 Å². The maximum Gasteiger partial charge on any atom is 0.336 e. The van der Waals surface area contributed by atoms with Crippen LogP contribution in [0.5, 0.6) is 0 Å². The van der Waals surface area contributed by atoms with Crippen molar-refractivity contribution in [2.45, 2.75) is 24.1 Å². The Labute approximate surface area is 120 Å². The third-order valence-corrected chi connectivity index (χ3v) is 5.37. The van der Waals surface area contributed by atoms with Crippen LogP contribution in [0, 0.1) is 5.92 Å². The van der Waals surface area contributed by atoms with Crippen molar-refractivity contribution >= 4 is 33.3 Å². The molecule has 0 aromatic carbocycles. The monoisotopic (exact) mass is 321 g/mol. The predicted molar refractivity (Wildman–Crippen MR) is 72.2 cm³/mol. The van der Waals surface area contributed by atoms with Gasteiger partial charge in [0.25, 0.3) is 10.0 Å². The summed E-state index contributed by atoms with van der Waals surface area (Å²) in [6.45, 7) is 3.34. The minimum absolute atomic E-state index is 0.116. The second-order valence-electron chi connectivity index (χ2n) is 4.33. The molecule has 7 nitrogen and oxygen atoms in total. The van der Waals surface area contributed by atoms with E-state index < -0.39 is 28.0 Å². The van der Waals surface area contributed by atoms with Crippen LogP contribution in [0.1, 0.15) is 24.2 Å². The smallest absolute Gasteiger partial charge is 0.336 e. The maximum absolute atomic E-state index is 12.1. The summed E-state index contributed by atoms with van der Waals surface area (Å²) in [7, 11) is -2.80. The van der Waals surface area contributed by atoms with E-state index in [0.717, 1.165) is 17.4 Å². The lowest BCUT2D eigenvalue weighted by atomic mass is 10.1. The molecule has 1 aromatic rings. The highest BCUT2D eigenvalue weighted by Crippen LogP contribution is 2.21. The highest BCUT2D eigenvalue weighted by molar-refractivity contribution is 7.91. The lowest BCUT2D eigenvalue weighted by molar-refractivity contribution is -0.143. The zero-order valence-electron chi connectivity index (χ0n) is 11.1. The largest absolute Gasteiger partial charge is 0.478 e. The molecule has 0 bridgehead atoms. The molecule has 0 saturated heterocycles. The summed E-state index contributed by atoms with van der Waals surface area (Å²) < 4.78 is 30.8. The molecule has 0 saturated carbocycles. The molecule has 112 valence electrons. The van der Waals surface area contributed by atoms with Gasteiger partial charge in [-0.1, -0.05) is 13.8 Å². The summed E-state index contributed by atoms with van der Waals surface area (Å²) >= 11 is 0.774. The zero-order chi connectivity index (χ0) is 15.5. The Morgan fingerprint density at radius 3 is 2.40 bits per heavy atom. The van der Waals surface area contributed by atoms with Crippen molar-refractivity contribution in [3.05, 3.63) is 17.0 Å². The van der Waals surface area contributed by atoms with Gasteiger partial charge in [-0.2, -0.15) is 4.72 Å². The van der Waals surface area contributed by atoms with E-state index in [1.807, 2.05) is 0 Å². The van der Waals surface area contributed by atoms with Crippen molar-refractivity contribution < 1.29 is 27.9 Å². The Morgan fingerprint density at radius 1 is 1.40 bits per heavy atom. The van der Waals surface area contributed by atoms with Crippen LogP contribution < -0.4 is 4.72 Å². The summed E-state index contributed by atoms with van der Waals surface area (Å²) in [4.78, 5) is 22.3. The quantitative estimate of drug-likeness (QED) is 0.754. The molecule has 0 aliphatic carbocycles. The number of sulfonamides is 1. The molecule has 20 heavy (non-hydrogen) atoms. The van der Waals surface area contributed by atoms with Crippen LogP contribution in [0.15, 0.2) is 15.7 Å². The topological polar surface area (TPSA) is 110 Å². The molecular formula is C11H15NO6S2. The first-order valence-corrected chi connectivity index (χ1v) is 7.97. The third kappa shape index (κ3) is 3.78. The van der Waals surface area contributed by atoms with E-state index in [0.29, 0.717) is 0 Å². The van der Waals surface area contributed by atoms with E-state index in [4.69, 9.17) is 5.11 Å². The summed E-state index contributed by atoms with van der Waals surface area (Å²) in [5.41, 5.74) is -0.116. The SMILES string of the molecule is COC(=O)[C@@H](NS(=O)(=O)c1cc(C(=O)O)cs1)C(C)C. The molecule has 0 unspecified atom stereocenters. The number of methoxy groups -OCH3 is 1. The van der Waals surface area contributed by atoms with Crippen LogP contribution in [0.4, 0.5) is 0 Å². The second kappa shape index (κ2) is 6.33. The fourth-order valence-electron chi connectivity index (χ4n) is 1.38. The van der Waals surface area contributed by atoms with Crippen molar-refractivity contribution in [2.75, 3.05) is 7.11 Å². The summed E-state index contributed by atoms with van der Waals surface area (Å²) in [6.07, 6.45) is 0. The third-order valence-electron chi connectivity index (χ3n) is 2.49. The van der Waals surface area contributed by atoms with Crippen LogP contribution in [-0.2, 0) is 19.6 Å². The molecule has 0 amide bonds. The van der Waals surface area contributed by atoms with Crippen molar-refractivity contribution in [3.8, 4) is 0 Å². The van der Waals surface area contributed by atoms with Gasteiger partial charge in [0.05, 0.1) is 12.7 Å². The van der Waals surface area contributed by atoms with Crippen molar-refractivity contribution in [2.24, 2.45) is 5.92 Å². The summed E-state index contributed by atoms with van der Waals surface area (Å²) in [6, 6.07) is 0.0182. The first-order valence-electron chi connectivity index (χ1n) is 5.61. The van der Waals surface area contributed by atoms with Gasteiger partial charge in [-0.3, -0.25) is 4.79 Å². The van der Waals surface area contributed by atoms with E-state index in [2.05, 4.69) is 9.46 Å². The molecule has 0 aliphatic heterocycles. The highest BCUT2D eigenvalue weighted by atomic mass is 32.2. The second-order valence-corrected chi connectivity index (χ2v) is 7.18. The molecule has 9 heteroatoms. The molecule has 1 rings (SSSR count). The van der Waals surface area contributed by atoms with Crippen molar-refractivity contribution in [3.63, 3.8) is 0 Å². The molecule has 1 aromatic heterocycles. The van der Waals surface area contributed by atoms with E-state index in [1.54, 1.807) is 13.8 Å². The normalized spacial score (nSPS) is 13.2. The zero-order valence-corrected chi connectivity index (χ0v) is 12.7. The number of carbonyl (C=O) groups is 2. The Morgan fingerprint density at radius 2 is 2.00 bits per heavy atom. The maximum atomic E-state index is 12.1. The average molecular weight is 321 g/mol. The van der Waals surface area contributed by atoms with Gasteiger partial charge in [0.15, 0.2) is 0 Å². The molecule has 0 radical (unpaired) electrons. The Kier molecular flexibility index (Phi) is 5.26. The van der Waals surface area contributed by atoms with Crippen LogP contribution in [-0.4, -0.2) is 38.6 Å². The minimum Gasteiger partial charge on any atom is -0.478 e. The summed E-state index contributed by atoms with van der Waals surface area (Å²) in [5, 5.41) is 10.00. The van der Waals surface area contributed by atoms with Crippen molar-refractivity contribution in [1.29, 1.82) is 0 Å². The number of nitrogens with one attached hydrogen (secondary N) is 1. The predicted octanol–water partition coefficient (Wildman–Crippen LogP) is 0.922. The first kappa shape index (κ1) is 16.6. The number of carboxylic acids is 1. The fraction of sp³-hybridized carbons (Fsp3) is 0.455. The Bertz CT molecular complexity index is 604. The van der Waals surface area contributed by atoms with Gasteiger partial charge in [-0.05, 0) is 12.0 Å². The fourth-order valence-corrected chi connectivity index (χ4v) is 3.88.